The lowest BCUT2D eigenvalue weighted by atomic mass is 9.91. The van der Waals surface area contributed by atoms with E-state index < -0.39 is 41.5 Å². The molecule has 5 aromatic rings. The minimum absolute atomic E-state index is 0.0657. The zero-order valence-corrected chi connectivity index (χ0v) is 28.4. The van der Waals surface area contributed by atoms with Crippen LogP contribution in [0.1, 0.15) is 70.3 Å². The topological polar surface area (TPSA) is 124 Å². The van der Waals surface area contributed by atoms with Crippen LogP contribution in [0.5, 0.6) is 0 Å². The van der Waals surface area contributed by atoms with E-state index in [0.29, 0.717) is 45.6 Å². The highest BCUT2D eigenvalue weighted by molar-refractivity contribution is 6.38. The number of hydrogen-bond donors (Lipinski definition) is 3. The van der Waals surface area contributed by atoms with Crippen LogP contribution in [-0.2, 0) is 23.2 Å². The van der Waals surface area contributed by atoms with Gasteiger partial charge in [-0.05, 0) is 75.4 Å². The number of aliphatic hydroxyl groups is 1. The minimum Gasteiger partial charge on any atom is -0.392 e. The molecule has 1 saturated carbocycles. The van der Waals surface area contributed by atoms with E-state index in [0.717, 1.165) is 48.0 Å². The predicted octanol–water partition coefficient (Wildman–Crippen LogP) is 6.39. The van der Waals surface area contributed by atoms with Gasteiger partial charge in [-0.3, -0.25) is 9.59 Å². The van der Waals surface area contributed by atoms with Gasteiger partial charge in [0.05, 0.1) is 46.1 Å². The molecule has 0 saturated heterocycles. The molecular weight excluding hydrogens is 652 g/mol. The fourth-order valence-corrected chi connectivity index (χ4v) is 7.39. The number of aromatic nitrogens is 3. The molecule has 0 spiro atoms. The number of imidazole rings is 1. The Labute approximate surface area is 287 Å². The summed E-state index contributed by atoms with van der Waals surface area (Å²) in [6.45, 7) is 3.40. The molecule has 4 N–H and O–H groups in total. The molecule has 1 aliphatic carbocycles. The second-order valence-electron chi connectivity index (χ2n) is 12.6. The normalized spacial score (nSPS) is 17.4. The van der Waals surface area contributed by atoms with E-state index in [1.165, 1.54) is 12.1 Å². The van der Waals surface area contributed by atoms with Gasteiger partial charge in [-0.25, -0.2) is 13.8 Å². The summed E-state index contributed by atoms with van der Waals surface area (Å²) in [5.41, 5.74) is 9.28. The maximum Gasteiger partial charge on any atom is 0.241 e. The average Bonchev–Trinajstić information content (AvgIpc) is 3.60. The van der Waals surface area contributed by atoms with Crippen molar-refractivity contribution in [2.75, 3.05) is 7.11 Å². The zero-order chi connectivity index (χ0) is 35.1. The average molecular weight is 690 g/mol. The molecule has 0 radical (unpaired) electrons. The lowest BCUT2D eigenvalue weighted by Gasteiger charge is -2.31. The minimum atomic E-state index is -1.08. The van der Waals surface area contributed by atoms with E-state index in [4.69, 9.17) is 22.1 Å². The largest absolute Gasteiger partial charge is 0.392 e. The predicted molar refractivity (Wildman–Crippen MR) is 185 cm³/mol. The molecule has 2 aromatic carbocycles. The van der Waals surface area contributed by atoms with Crippen molar-refractivity contribution < 1.29 is 28.2 Å². The third-order valence-corrected chi connectivity index (χ3v) is 10.0. The number of ketones is 1. The smallest absolute Gasteiger partial charge is 0.241 e. The van der Waals surface area contributed by atoms with Gasteiger partial charge in [-0.1, -0.05) is 23.7 Å². The van der Waals surface area contributed by atoms with E-state index in [9.17, 15) is 14.7 Å². The SMILES string of the molecule is COC1CCC(NC(C=CC(N)=O)c2c(F)ccc(C(=O)c3cc(CO)c4c(-c5c(C)cc6c(nc(C)n6C)c5Cl)cccn34)c2F)CC1. The molecule has 3 heterocycles. The summed E-state index contributed by atoms with van der Waals surface area (Å²) in [5, 5.41) is 14.1. The van der Waals surface area contributed by atoms with Crippen LogP contribution in [0.4, 0.5) is 8.78 Å². The van der Waals surface area contributed by atoms with E-state index in [1.807, 2.05) is 37.6 Å². The number of pyridine rings is 1. The number of aryl methyl sites for hydroxylation is 3. The molecule has 1 atom stereocenters. The van der Waals surface area contributed by atoms with Crippen molar-refractivity contribution in [3.05, 3.63) is 105 Å². The molecule has 3 aromatic heterocycles. The van der Waals surface area contributed by atoms with Crippen molar-refractivity contribution in [2.45, 2.75) is 64.3 Å². The van der Waals surface area contributed by atoms with Crippen molar-refractivity contribution in [3.8, 4) is 11.1 Å². The number of primary amides is 1. The Kier molecular flexibility index (Phi) is 9.72. The summed E-state index contributed by atoms with van der Waals surface area (Å²) < 4.78 is 41.0. The number of nitrogens with zero attached hydrogens (tertiary/aromatic N) is 3. The maximum atomic E-state index is 16.5. The third-order valence-electron chi connectivity index (χ3n) is 9.64. The lowest BCUT2D eigenvalue weighted by molar-refractivity contribution is -0.113. The van der Waals surface area contributed by atoms with Gasteiger partial charge in [0.15, 0.2) is 0 Å². The number of nitrogens with one attached hydrogen (secondary N) is 1. The van der Waals surface area contributed by atoms with Crippen LogP contribution in [0, 0.1) is 25.5 Å². The number of ether oxygens (including phenoxy) is 1. The first-order valence-electron chi connectivity index (χ1n) is 16.1. The van der Waals surface area contributed by atoms with Gasteiger partial charge < -0.3 is 29.9 Å². The summed E-state index contributed by atoms with van der Waals surface area (Å²) in [7, 11) is 3.56. The Morgan fingerprint density at radius 1 is 1.18 bits per heavy atom. The Morgan fingerprint density at radius 3 is 2.59 bits per heavy atom. The van der Waals surface area contributed by atoms with Crippen LogP contribution >= 0.6 is 11.6 Å². The van der Waals surface area contributed by atoms with Crippen LogP contribution < -0.4 is 11.1 Å². The maximum absolute atomic E-state index is 16.5. The highest BCUT2D eigenvalue weighted by Crippen LogP contribution is 2.41. The lowest BCUT2D eigenvalue weighted by Crippen LogP contribution is -2.37. The monoisotopic (exact) mass is 689 g/mol. The summed E-state index contributed by atoms with van der Waals surface area (Å²) in [4.78, 5) is 30.5. The molecular formula is C37H38ClF2N5O4. The van der Waals surface area contributed by atoms with Crippen LogP contribution in [0.3, 0.4) is 0 Å². The van der Waals surface area contributed by atoms with Crippen LogP contribution in [0.25, 0.3) is 27.7 Å². The first kappa shape index (κ1) is 34.4. The second kappa shape index (κ2) is 13.8. The molecule has 1 aliphatic rings. The summed E-state index contributed by atoms with van der Waals surface area (Å²) in [6, 6.07) is 8.04. The Bertz CT molecular complexity index is 2130. The van der Waals surface area contributed by atoms with Gasteiger partial charge in [0, 0.05) is 54.7 Å². The highest BCUT2D eigenvalue weighted by atomic mass is 35.5. The standard InChI is InChI=1S/C37H38ClF2N5O4/c1-19-16-28-35(42-20(2)44(28)3)33(38)31(19)24-6-5-15-45-29(17-21(18-46)36(24)45)37(48)25-11-12-26(39)32(34(25)40)27(13-14-30(41)47)43-22-7-9-23(49-4)10-8-22/h5-6,11-17,22-23,27,43,46H,7-10,18H2,1-4H3,(H2,41,47). The number of carbonyl (C=O) groups is 2. The number of aliphatic hydroxyl groups excluding tert-OH is 1. The Hall–Kier alpha value is -4.42. The second-order valence-corrected chi connectivity index (χ2v) is 13.0. The van der Waals surface area contributed by atoms with Crippen LogP contribution in [0.2, 0.25) is 5.02 Å². The molecule has 49 heavy (non-hydrogen) atoms. The van der Waals surface area contributed by atoms with Crippen molar-refractivity contribution in [1.82, 2.24) is 19.3 Å². The molecule has 0 aliphatic heterocycles. The molecule has 12 heteroatoms. The molecule has 9 nitrogen and oxygen atoms in total. The molecule has 0 bridgehead atoms. The first-order valence-corrected chi connectivity index (χ1v) is 16.5. The van der Waals surface area contributed by atoms with Crippen molar-refractivity contribution in [3.63, 3.8) is 0 Å². The van der Waals surface area contributed by atoms with E-state index in [1.54, 1.807) is 23.8 Å². The van der Waals surface area contributed by atoms with Gasteiger partial charge in [-0.15, -0.1) is 0 Å². The number of carbonyl (C=O) groups excluding carboxylic acids is 2. The Balaban J connectivity index is 1.45. The molecule has 6 rings (SSSR count). The fraction of sp³-hybridized carbons (Fsp3) is 0.324. The van der Waals surface area contributed by atoms with Gasteiger partial charge in [0.25, 0.3) is 0 Å². The highest BCUT2D eigenvalue weighted by Gasteiger charge is 2.30. The number of methoxy groups -OCH3 is 1. The summed E-state index contributed by atoms with van der Waals surface area (Å²) in [6.07, 6.45) is 7.04. The Morgan fingerprint density at radius 2 is 1.92 bits per heavy atom. The van der Waals surface area contributed by atoms with E-state index in [2.05, 4.69) is 10.3 Å². The first-order chi connectivity index (χ1) is 23.4. The number of amides is 1. The van der Waals surface area contributed by atoms with Gasteiger partial charge in [0.1, 0.15) is 23.0 Å². The van der Waals surface area contributed by atoms with Gasteiger partial charge >= 0.3 is 0 Å². The zero-order valence-electron chi connectivity index (χ0n) is 27.7. The number of fused-ring (bicyclic) bond motifs is 2. The summed E-state index contributed by atoms with van der Waals surface area (Å²) >= 11 is 6.99. The number of rotatable bonds is 10. The van der Waals surface area contributed by atoms with Gasteiger partial charge in [-0.2, -0.15) is 0 Å². The molecule has 1 amide bonds. The summed E-state index contributed by atoms with van der Waals surface area (Å²) in [5.74, 6) is -2.64. The van der Waals surface area contributed by atoms with Gasteiger partial charge in [0.2, 0.25) is 11.7 Å². The van der Waals surface area contributed by atoms with E-state index in [-0.39, 0.29) is 23.4 Å². The molecule has 256 valence electrons. The molecule has 1 fully saturated rings. The molecule has 1 unspecified atom stereocenters. The van der Waals surface area contributed by atoms with Crippen molar-refractivity contribution in [2.24, 2.45) is 12.8 Å². The number of halogens is 3. The number of nitrogens with two attached hydrogens (primary N) is 1. The number of benzene rings is 2. The third kappa shape index (κ3) is 6.27. The van der Waals surface area contributed by atoms with Crippen LogP contribution in [-0.4, -0.2) is 50.0 Å². The van der Waals surface area contributed by atoms with Crippen molar-refractivity contribution >= 4 is 39.8 Å². The van der Waals surface area contributed by atoms with E-state index >= 15 is 8.78 Å². The van der Waals surface area contributed by atoms with Crippen LogP contribution in [0.15, 0.2) is 54.7 Å². The quantitative estimate of drug-likeness (QED) is 0.115. The number of hydrogen-bond acceptors (Lipinski definition) is 6. The van der Waals surface area contributed by atoms with Crippen molar-refractivity contribution in [1.29, 1.82) is 0 Å². The fourth-order valence-electron chi connectivity index (χ4n) is 7.00.